The molecule has 3 heterocycles. The summed E-state index contributed by atoms with van der Waals surface area (Å²) in [6.07, 6.45) is 0.830. The molecule has 1 atom stereocenters. The van der Waals surface area contributed by atoms with E-state index in [4.69, 9.17) is 11.6 Å². The molecule has 2 aliphatic rings. The van der Waals surface area contributed by atoms with Gasteiger partial charge >= 0.3 is 0 Å². The van der Waals surface area contributed by atoms with Crippen LogP contribution in [0.3, 0.4) is 0 Å². The number of hydrogen-bond donors (Lipinski definition) is 0. The molecule has 4 aromatic rings. The fraction of sp³-hybridized carbons (Fsp3) is 0.259. The van der Waals surface area contributed by atoms with Crippen LogP contribution in [0, 0.1) is 12.3 Å². The molecule has 0 radical (unpaired) electrons. The van der Waals surface area contributed by atoms with Crippen LogP contribution in [0.5, 0.6) is 0 Å². The maximum atomic E-state index is 13.8. The molecule has 0 amide bonds. The molecule has 1 unspecified atom stereocenters. The van der Waals surface area contributed by atoms with Gasteiger partial charge in [-0.1, -0.05) is 55.8 Å². The van der Waals surface area contributed by atoms with Crippen molar-refractivity contribution >= 4 is 44.8 Å². The van der Waals surface area contributed by atoms with Crippen molar-refractivity contribution < 1.29 is 4.79 Å². The van der Waals surface area contributed by atoms with E-state index in [1.54, 1.807) is 24.3 Å². The minimum absolute atomic E-state index is 0.0734. The molecule has 1 aliphatic carbocycles. The average molecular weight is 472 g/mol. The fourth-order valence-electron chi connectivity index (χ4n) is 5.51. The molecule has 0 fully saturated rings. The smallest absolute Gasteiger partial charge is 0.277 e. The van der Waals surface area contributed by atoms with E-state index in [1.165, 1.54) is 9.36 Å². The molecule has 6 nitrogen and oxygen atoms in total. The molecule has 0 bridgehead atoms. The van der Waals surface area contributed by atoms with Gasteiger partial charge in [-0.15, -0.1) is 0 Å². The van der Waals surface area contributed by atoms with Gasteiger partial charge in [0, 0.05) is 22.9 Å². The largest absolute Gasteiger partial charge is 0.294 e. The third-order valence-electron chi connectivity index (χ3n) is 7.00. The Morgan fingerprint density at radius 3 is 2.41 bits per heavy atom. The molecule has 6 rings (SSSR count). The number of Topliss-reactive ketones (excluding diaryl/α,β-unsaturated/α-hetero) is 1. The summed E-state index contributed by atoms with van der Waals surface area (Å²) >= 11 is 6.72. The third-order valence-corrected chi connectivity index (χ3v) is 7.30. The number of allylic oxidation sites excluding steroid dienone is 2. The minimum Gasteiger partial charge on any atom is -0.294 e. The Morgan fingerprint density at radius 1 is 0.971 bits per heavy atom. The van der Waals surface area contributed by atoms with Crippen molar-refractivity contribution in [2.24, 2.45) is 5.41 Å². The number of rotatable bonds is 1. The van der Waals surface area contributed by atoms with E-state index in [2.05, 4.69) is 4.98 Å². The molecule has 7 heteroatoms. The van der Waals surface area contributed by atoms with E-state index in [-0.39, 0.29) is 27.5 Å². The van der Waals surface area contributed by atoms with E-state index in [0.29, 0.717) is 40.4 Å². The normalized spacial score (nSPS) is 19.1. The number of nitrogens with zero attached hydrogens (tertiary/aromatic N) is 3. The van der Waals surface area contributed by atoms with Crippen LogP contribution in [-0.2, 0) is 4.79 Å². The van der Waals surface area contributed by atoms with Crippen molar-refractivity contribution in [1.29, 1.82) is 0 Å². The predicted octanol–water partition coefficient (Wildman–Crippen LogP) is 4.88. The maximum absolute atomic E-state index is 13.8. The van der Waals surface area contributed by atoms with Gasteiger partial charge in [-0.05, 0) is 42.5 Å². The molecule has 2 aromatic heterocycles. The standard InChI is InChI=1S/C27H22ClN3O3/c1-14-7-6-8-15-11-18(24(28)29-22(14)15)23-21-19(12-27(2,3)13-20(21)32)30-25(33)16-9-4-5-10-17(16)26(34)31(23)30/h4-11,23H,12-13H2,1-3H3. The second-order valence-corrected chi connectivity index (χ2v) is 10.4. The van der Waals surface area contributed by atoms with Gasteiger partial charge in [0.25, 0.3) is 11.1 Å². The van der Waals surface area contributed by atoms with Crippen LogP contribution in [0.25, 0.3) is 27.4 Å². The Bertz CT molecular complexity index is 1730. The SMILES string of the molecule is Cc1cccc2cc(C3C4=C(CC(C)(C)CC4=O)n4c(=O)c5ccccc5c(=O)n43)c(Cl)nc12. The first-order valence-corrected chi connectivity index (χ1v) is 11.6. The number of benzene rings is 2. The first-order valence-electron chi connectivity index (χ1n) is 11.3. The highest BCUT2D eigenvalue weighted by Crippen LogP contribution is 2.48. The number of pyridine rings is 1. The summed E-state index contributed by atoms with van der Waals surface area (Å²) in [5.41, 5.74) is 2.36. The lowest BCUT2D eigenvalue weighted by molar-refractivity contribution is -0.118. The average Bonchev–Trinajstić information content (AvgIpc) is 3.12. The van der Waals surface area contributed by atoms with Crippen molar-refractivity contribution in [2.45, 2.75) is 39.7 Å². The van der Waals surface area contributed by atoms with Gasteiger partial charge in [0.15, 0.2) is 5.78 Å². The lowest BCUT2D eigenvalue weighted by Crippen LogP contribution is -2.37. The summed E-state index contributed by atoms with van der Waals surface area (Å²) < 4.78 is 2.83. The lowest BCUT2D eigenvalue weighted by Gasteiger charge is -2.30. The van der Waals surface area contributed by atoms with Gasteiger partial charge in [0.2, 0.25) is 0 Å². The zero-order valence-electron chi connectivity index (χ0n) is 19.1. The van der Waals surface area contributed by atoms with Crippen molar-refractivity contribution in [1.82, 2.24) is 14.3 Å². The zero-order chi connectivity index (χ0) is 23.9. The van der Waals surface area contributed by atoms with Crippen LogP contribution in [0.2, 0.25) is 5.15 Å². The fourth-order valence-corrected chi connectivity index (χ4v) is 5.75. The molecule has 0 N–H and O–H groups in total. The van der Waals surface area contributed by atoms with Crippen LogP contribution in [0.1, 0.15) is 43.9 Å². The molecule has 1 aliphatic heterocycles. The number of aryl methyl sites for hydroxylation is 1. The number of fused-ring (bicyclic) bond motifs is 4. The highest BCUT2D eigenvalue weighted by molar-refractivity contribution is 6.31. The van der Waals surface area contributed by atoms with E-state index in [1.807, 2.05) is 45.0 Å². The summed E-state index contributed by atoms with van der Waals surface area (Å²) in [7, 11) is 0. The first kappa shape index (κ1) is 21.1. The molecule has 0 saturated carbocycles. The summed E-state index contributed by atoms with van der Waals surface area (Å²) in [6, 6.07) is 13.7. The first-order chi connectivity index (χ1) is 16.2. The summed E-state index contributed by atoms with van der Waals surface area (Å²) in [5.74, 6) is -0.0734. The predicted molar refractivity (Wildman–Crippen MR) is 133 cm³/mol. The number of ketones is 1. The van der Waals surface area contributed by atoms with Gasteiger partial charge < -0.3 is 0 Å². The van der Waals surface area contributed by atoms with Crippen LogP contribution >= 0.6 is 11.6 Å². The Labute approximate surface area is 200 Å². The quantitative estimate of drug-likeness (QED) is 0.371. The van der Waals surface area contributed by atoms with Crippen LogP contribution in [-0.4, -0.2) is 20.1 Å². The number of hydrogen-bond acceptors (Lipinski definition) is 4. The van der Waals surface area contributed by atoms with Gasteiger partial charge in [0.05, 0.1) is 22.0 Å². The monoisotopic (exact) mass is 471 g/mol. The molecule has 2 aromatic carbocycles. The maximum Gasteiger partial charge on any atom is 0.277 e. The summed E-state index contributed by atoms with van der Waals surface area (Å²) in [6.45, 7) is 5.97. The summed E-state index contributed by atoms with van der Waals surface area (Å²) in [5, 5.41) is 1.74. The van der Waals surface area contributed by atoms with Crippen molar-refractivity contribution in [3.05, 3.63) is 91.1 Å². The topological polar surface area (TPSA) is 74.0 Å². The zero-order valence-corrected chi connectivity index (χ0v) is 19.8. The Hall–Kier alpha value is -3.51. The molecule has 0 spiro atoms. The molecular formula is C27H22ClN3O3. The molecule has 0 saturated heterocycles. The highest BCUT2D eigenvalue weighted by Gasteiger charge is 2.45. The number of halogens is 1. The Kier molecular flexibility index (Phi) is 4.33. The van der Waals surface area contributed by atoms with Gasteiger partial charge in [0.1, 0.15) is 11.2 Å². The van der Waals surface area contributed by atoms with Crippen LogP contribution in [0.4, 0.5) is 0 Å². The van der Waals surface area contributed by atoms with Crippen LogP contribution < -0.4 is 11.1 Å². The van der Waals surface area contributed by atoms with Gasteiger partial charge in [-0.2, -0.15) is 0 Å². The van der Waals surface area contributed by atoms with Crippen molar-refractivity contribution in [2.75, 3.05) is 0 Å². The second-order valence-electron chi connectivity index (χ2n) is 10.0. The third kappa shape index (κ3) is 2.81. The summed E-state index contributed by atoms with van der Waals surface area (Å²) in [4.78, 5) is 45.6. The van der Waals surface area contributed by atoms with E-state index >= 15 is 0 Å². The number of carbonyl (C=O) groups excluding carboxylic acids is 1. The second kappa shape index (κ2) is 7.00. The molecule has 170 valence electrons. The van der Waals surface area contributed by atoms with Gasteiger partial charge in [-0.3, -0.25) is 14.4 Å². The molecule has 34 heavy (non-hydrogen) atoms. The minimum atomic E-state index is -0.812. The Morgan fingerprint density at radius 2 is 1.68 bits per heavy atom. The van der Waals surface area contributed by atoms with Crippen LogP contribution in [0.15, 0.2) is 63.7 Å². The van der Waals surface area contributed by atoms with Crippen molar-refractivity contribution in [3.8, 4) is 0 Å². The van der Waals surface area contributed by atoms with E-state index in [0.717, 1.165) is 16.5 Å². The lowest BCUT2D eigenvalue weighted by atomic mass is 9.74. The number of aromatic nitrogens is 3. The van der Waals surface area contributed by atoms with Gasteiger partial charge in [-0.25, -0.2) is 14.3 Å². The number of para-hydroxylation sites is 1. The molecular weight excluding hydrogens is 450 g/mol. The van der Waals surface area contributed by atoms with Crippen molar-refractivity contribution in [3.63, 3.8) is 0 Å². The Balaban J connectivity index is 1.75. The van der Waals surface area contributed by atoms with E-state index in [9.17, 15) is 14.4 Å². The highest BCUT2D eigenvalue weighted by atomic mass is 35.5. The number of carbonyl (C=O) groups is 1. The van der Waals surface area contributed by atoms with E-state index < -0.39 is 6.04 Å².